The van der Waals surface area contributed by atoms with Crippen molar-refractivity contribution in [2.75, 3.05) is 0 Å². The van der Waals surface area contributed by atoms with Gasteiger partial charge in [0.15, 0.2) is 6.19 Å². The van der Waals surface area contributed by atoms with Crippen LogP contribution in [0.2, 0.25) is 0 Å². The van der Waals surface area contributed by atoms with Crippen molar-refractivity contribution >= 4 is 11.9 Å². The molecule has 126 valence electrons. The van der Waals surface area contributed by atoms with Gasteiger partial charge in [0.25, 0.3) is 0 Å². The molecule has 0 aromatic carbocycles. The SMILES string of the molecule is N#CNC(=O)CCCCCCCCCCCCCCC(=O)O. The number of hydrogen-bond donors (Lipinski definition) is 2. The number of nitrogens with zero attached hydrogens (tertiary/aromatic N) is 1. The molecule has 0 saturated carbocycles. The second-order valence-corrected chi connectivity index (χ2v) is 5.80. The van der Waals surface area contributed by atoms with Gasteiger partial charge in [0.05, 0.1) is 0 Å². The third-order valence-electron chi connectivity index (χ3n) is 3.74. The first-order valence-electron chi connectivity index (χ1n) is 8.56. The van der Waals surface area contributed by atoms with Crippen LogP contribution in [0.15, 0.2) is 0 Å². The fourth-order valence-electron chi connectivity index (χ4n) is 2.45. The van der Waals surface area contributed by atoms with Gasteiger partial charge in [0.2, 0.25) is 5.91 Å². The molecule has 0 bridgehead atoms. The topological polar surface area (TPSA) is 90.2 Å². The van der Waals surface area contributed by atoms with Crippen LogP contribution in [0.25, 0.3) is 0 Å². The summed E-state index contributed by atoms with van der Waals surface area (Å²) in [5.41, 5.74) is 0. The van der Waals surface area contributed by atoms with Gasteiger partial charge in [-0.2, -0.15) is 5.26 Å². The maximum absolute atomic E-state index is 11.0. The molecule has 0 radical (unpaired) electrons. The highest BCUT2D eigenvalue weighted by molar-refractivity contribution is 5.77. The van der Waals surface area contributed by atoms with Gasteiger partial charge >= 0.3 is 5.97 Å². The number of aliphatic carboxylic acids is 1. The first kappa shape index (κ1) is 20.4. The Labute approximate surface area is 134 Å². The van der Waals surface area contributed by atoms with Crippen molar-refractivity contribution in [3.63, 3.8) is 0 Å². The molecule has 0 aliphatic heterocycles. The summed E-state index contributed by atoms with van der Waals surface area (Å²) in [6.07, 6.45) is 16.0. The highest BCUT2D eigenvalue weighted by atomic mass is 16.4. The van der Waals surface area contributed by atoms with E-state index in [0.29, 0.717) is 12.8 Å². The zero-order valence-corrected chi connectivity index (χ0v) is 13.6. The van der Waals surface area contributed by atoms with E-state index in [-0.39, 0.29) is 5.91 Å². The summed E-state index contributed by atoms with van der Waals surface area (Å²) in [6, 6.07) is 0. The standard InChI is InChI=1S/C17H30N2O3/c18-15-19-16(20)13-11-9-7-5-3-1-2-4-6-8-10-12-14-17(21)22/h1-14H2,(H,19,20)(H,21,22). The first-order chi connectivity index (χ1) is 10.7. The molecule has 0 aromatic heterocycles. The van der Waals surface area contributed by atoms with Crippen molar-refractivity contribution in [2.24, 2.45) is 0 Å². The lowest BCUT2D eigenvalue weighted by molar-refractivity contribution is -0.137. The van der Waals surface area contributed by atoms with Crippen molar-refractivity contribution < 1.29 is 14.7 Å². The number of nitrogens with one attached hydrogen (secondary N) is 1. The Hall–Kier alpha value is -1.57. The minimum absolute atomic E-state index is 0.175. The van der Waals surface area contributed by atoms with E-state index < -0.39 is 5.97 Å². The lowest BCUT2D eigenvalue weighted by Gasteiger charge is -2.03. The monoisotopic (exact) mass is 310 g/mol. The minimum Gasteiger partial charge on any atom is -0.481 e. The molecular formula is C17H30N2O3. The number of rotatable bonds is 15. The second kappa shape index (κ2) is 15.8. The molecule has 2 N–H and O–H groups in total. The third-order valence-corrected chi connectivity index (χ3v) is 3.74. The normalized spacial score (nSPS) is 10.1. The summed E-state index contributed by atoms with van der Waals surface area (Å²) in [6.45, 7) is 0. The summed E-state index contributed by atoms with van der Waals surface area (Å²) in [5.74, 6) is -0.864. The fourth-order valence-corrected chi connectivity index (χ4v) is 2.45. The Morgan fingerprint density at radius 1 is 0.727 bits per heavy atom. The van der Waals surface area contributed by atoms with Gasteiger partial charge in [0, 0.05) is 12.8 Å². The Morgan fingerprint density at radius 2 is 1.09 bits per heavy atom. The molecule has 0 atom stereocenters. The molecule has 0 aromatic rings. The maximum atomic E-state index is 11.0. The Bertz CT molecular complexity index is 337. The lowest BCUT2D eigenvalue weighted by atomic mass is 10.0. The fraction of sp³-hybridized carbons (Fsp3) is 0.824. The molecular weight excluding hydrogens is 280 g/mol. The highest BCUT2D eigenvalue weighted by Gasteiger charge is 1.99. The van der Waals surface area contributed by atoms with Crippen LogP contribution in [-0.4, -0.2) is 17.0 Å². The molecule has 5 heteroatoms. The van der Waals surface area contributed by atoms with Gasteiger partial charge in [-0.1, -0.05) is 64.2 Å². The van der Waals surface area contributed by atoms with E-state index in [1.165, 1.54) is 38.5 Å². The predicted octanol–water partition coefficient (Wildman–Crippen LogP) is 4.13. The van der Waals surface area contributed by atoms with Crippen LogP contribution >= 0.6 is 0 Å². The number of carboxylic acids is 1. The summed E-state index contributed by atoms with van der Waals surface area (Å²) >= 11 is 0. The molecule has 5 nitrogen and oxygen atoms in total. The zero-order valence-electron chi connectivity index (χ0n) is 13.6. The molecule has 0 spiro atoms. The van der Waals surface area contributed by atoms with Crippen LogP contribution in [0, 0.1) is 11.5 Å². The van der Waals surface area contributed by atoms with Gasteiger partial charge in [-0.15, -0.1) is 0 Å². The van der Waals surface area contributed by atoms with E-state index in [4.69, 9.17) is 10.4 Å². The van der Waals surface area contributed by atoms with Crippen molar-refractivity contribution in [3.8, 4) is 6.19 Å². The second-order valence-electron chi connectivity index (χ2n) is 5.80. The first-order valence-corrected chi connectivity index (χ1v) is 8.56. The zero-order chi connectivity index (χ0) is 16.5. The molecule has 0 heterocycles. The quantitative estimate of drug-likeness (QED) is 0.270. The number of carboxylic acid groups (broad SMARTS) is 1. The molecule has 1 amide bonds. The van der Waals surface area contributed by atoms with E-state index in [9.17, 15) is 9.59 Å². The Morgan fingerprint density at radius 3 is 1.45 bits per heavy atom. The van der Waals surface area contributed by atoms with Gasteiger partial charge in [0.1, 0.15) is 0 Å². The lowest BCUT2D eigenvalue weighted by Crippen LogP contribution is -2.16. The van der Waals surface area contributed by atoms with Gasteiger partial charge < -0.3 is 5.11 Å². The van der Waals surface area contributed by atoms with Crippen LogP contribution in [0.5, 0.6) is 0 Å². The number of nitriles is 1. The van der Waals surface area contributed by atoms with Crippen molar-refractivity contribution in [1.29, 1.82) is 5.26 Å². The van der Waals surface area contributed by atoms with Crippen LogP contribution in [0.3, 0.4) is 0 Å². The van der Waals surface area contributed by atoms with Gasteiger partial charge in [-0.3, -0.25) is 14.9 Å². The van der Waals surface area contributed by atoms with Crippen LogP contribution in [0.4, 0.5) is 0 Å². The molecule has 0 aliphatic carbocycles. The average molecular weight is 310 g/mol. The number of amides is 1. The number of unbranched alkanes of at least 4 members (excludes halogenated alkanes) is 11. The predicted molar refractivity (Wildman–Crippen MR) is 86.0 cm³/mol. The third kappa shape index (κ3) is 16.5. The van der Waals surface area contributed by atoms with Gasteiger partial charge in [-0.25, -0.2) is 0 Å². The Kier molecular flexibility index (Phi) is 14.7. The summed E-state index contributed by atoms with van der Waals surface area (Å²) in [4.78, 5) is 21.3. The van der Waals surface area contributed by atoms with Crippen LogP contribution < -0.4 is 5.32 Å². The van der Waals surface area contributed by atoms with Crippen LogP contribution in [-0.2, 0) is 9.59 Å². The van der Waals surface area contributed by atoms with E-state index >= 15 is 0 Å². The van der Waals surface area contributed by atoms with Gasteiger partial charge in [-0.05, 0) is 12.8 Å². The Balaban J connectivity index is 3.07. The van der Waals surface area contributed by atoms with E-state index in [1.807, 2.05) is 0 Å². The van der Waals surface area contributed by atoms with Crippen molar-refractivity contribution in [3.05, 3.63) is 0 Å². The molecule has 0 aliphatic rings. The highest BCUT2D eigenvalue weighted by Crippen LogP contribution is 2.12. The van der Waals surface area contributed by atoms with Crippen molar-refractivity contribution in [1.82, 2.24) is 5.32 Å². The van der Waals surface area contributed by atoms with E-state index in [0.717, 1.165) is 38.5 Å². The summed E-state index contributed by atoms with van der Waals surface area (Å²) in [7, 11) is 0. The van der Waals surface area contributed by atoms with Crippen LogP contribution in [0.1, 0.15) is 89.9 Å². The number of hydrogen-bond acceptors (Lipinski definition) is 3. The molecule has 0 saturated heterocycles. The number of carbonyl (C=O) groups is 2. The largest absolute Gasteiger partial charge is 0.481 e. The van der Waals surface area contributed by atoms with E-state index in [1.54, 1.807) is 6.19 Å². The summed E-state index contributed by atoms with van der Waals surface area (Å²) in [5, 5.41) is 18.9. The minimum atomic E-state index is -0.689. The van der Waals surface area contributed by atoms with Crippen molar-refractivity contribution in [2.45, 2.75) is 89.9 Å². The van der Waals surface area contributed by atoms with E-state index in [2.05, 4.69) is 5.32 Å². The average Bonchev–Trinajstić information content (AvgIpc) is 2.47. The number of carbonyl (C=O) groups excluding carboxylic acids is 1. The maximum Gasteiger partial charge on any atom is 0.303 e. The summed E-state index contributed by atoms with van der Waals surface area (Å²) < 4.78 is 0. The molecule has 0 unspecified atom stereocenters. The molecule has 0 rings (SSSR count). The molecule has 22 heavy (non-hydrogen) atoms. The smallest absolute Gasteiger partial charge is 0.303 e. The molecule has 0 fully saturated rings.